The fraction of sp³-hybridized carbons (Fsp3) is 0.750. The molecule has 5 heteroatoms. The average molecular weight is 199 g/mol. The number of aryl methyl sites for hydroxylation is 1. The number of H-pyrrole nitrogens is 1. The zero-order chi connectivity index (χ0) is 9.31. The van der Waals surface area contributed by atoms with Crippen LogP contribution in [-0.4, -0.2) is 31.6 Å². The Hall–Kier alpha value is -0.550. The van der Waals surface area contributed by atoms with E-state index in [-0.39, 0.29) is 0 Å². The van der Waals surface area contributed by atoms with Gasteiger partial charge in [0.1, 0.15) is 5.82 Å². The van der Waals surface area contributed by atoms with E-state index >= 15 is 0 Å². The lowest BCUT2D eigenvalue weighted by atomic mass is 9.82. The summed E-state index contributed by atoms with van der Waals surface area (Å²) in [4.78, 5) is 4.16. The van der Waals surface area contributed by atoms with Gasteiger partial charge in [-0.25, -0.2) is 4.98 Å². The first-order valence-electron chi connectivity index (χ1n) is 4.42. The van der Waals surface area contributed by atoms with E-state index in [1.165, 1.54) is 11.8 Å². The van der Waals surface area contributed by atoms with Crippen LogP contribution in [0.5, 0.6) is 0 Å². The first kappa shape index (κ1) is 9.02. The fourth-order valence-corrected chi connectivity index (χ4v) is 2.31. The molecule has 1 heterocycles. The predicted molar refractivity (Wildman–Crippen MR) is 50.6 cm³/mol. The molecule has 13 heavy (non-hydrogen) atoms. The number of thioether (sulfide) groups is 1. The van der Waals surface area contributed by atoms with Crippen molar-refractivity contribution >= 4 is 11.8 Å². The van der Waals surface area contributed by atoms with E-state index in [1.807, 2.05) is 6.92 Å². The molecule has 2 N–H and O–H groups in total. The molecule has 0 saturated heterocycles. The monoisotopic (exact) mass is 199 g/mol. The highest BCUT2D eigenvalue weighted by atomic mass is 32.2. The van der Waals surface area contributed by atoms with Gasteiger partial charge in [-0.3, -0.25) is 5.10 Å². The molecule has 0 atom stereocenters. The van der Waals surface area contributed by atoms with Gasteiger partial charge < -0.3 is 5.11 Å². The molecule has 1 fully saturated rings. The highest BCUT2D eigenvalue weighted by molar-refractivity contribution is 7.99. The molecule has 2 rings (SSSR count). The number of rotatable bonds is 3. The highest BCUT2D eigenvalue weighted by Gasteiger charge is 2.34. The molecule has 1 saturated carbocycles. The van der Waals surface area contributed by atoms with Crippen molar-refractivity contribution < 1.29 is 5.11 Å². The van der Waals surface area contributed by atoms with Gasteiger partial charge in [-0.05, 0) is 26.2 Å². The number of aromatic nitrogens is 3. The molecule has 1 aromatic rings. The summed E-state index contributed by atoms with van der Waals surface area (Å²) in [6.45, 7) is 1.87. The van der Waals surface area contributed by atoms with Crippen LogP contribution in [0.2, 0.25) is 0 Å². The van der Waals surface area contributed by atoms with E-state index in [2.05, 4.69) is 15.2 Å². The first-order chi connectivity index (χ1) is 6.18. The third-order valence-corrected chi connectivity index (χ3v) is 3.45. The molecule has 1 aliphatic rings. The van der Waals surface area contributed by atoms with E-state index in [0.717, 1.165) is 30.2 Å². The zero-order valence-electron chi connectivity index (χ0n) is 7.58. The maximum Gasteiger partial charge on any atom is 0.208 e. The molecular formula is C8H13N3OS. The van der Waals surface area contributed by atoms with Gasteiger partial charge in [-0.15, -0.1) is 5.10 Å². The summed E-state index contributed by atoms with van der Waals surface area (Å²) in [5.74, 6) is 1.53. The lowest BCUT2D eigenvalue weighted by Crippen LogP contribution is -2.39. The van der Waals surface area contributed by atoms with Crippen LogP contribution in [0.4, 0.5) is 0 Å². The van der Waals surface area contributed by atoms with Gasteiger partial charge >= 0.3 is 0 Å². The summed E-state index contributed by atoms with van der Waals surface area (Å²) in [7, 11) is 0. The molecular weight excluding hydrogens is 186 g/mol. The minimum absolute atomic E-state index is 0.445. The quantitative estimate of drug-likeness (QED) is 0.716. The van der Waals surface area contributed by atoms with Crippen LogP contribution in [0.15, 0.2) is 5.16 Å². The van der Waals surface area contributed by atoms with E-state index in [0.29, 0.717) is 5.75 Å². The van der Waals surface area contributed by atoms with Crippen LogP contribution in [0, 0.1) is 6.92 Å². The Labute approximate surface area is 81.1 Å². The molecule has 0 unspecified atom stereocenters. The Balaban J connectivity index is 1.85. The number of aliphatic hydroxyl groups is 1. The van der Waals surface area contributed by atoms with Crippen LogP contribution in [0.25, 0.3) is 0 Å². The normalized spacial score (nSPS) is 19.8. The summed E-state index contributed by atoms with van der Waals surface area (Å²) in [5.41, 5.74) is -0.445. The fourth-order valence-electron chi connectivity index (χ4n) is 1.31. The molecule has 0 radical (unpaired) electrons. The van der Waals surface area contributed by atoms with Gasteiger partial charge in [-0.2, -0.15) is 0 Å². The summed E-state index contributed by atoms with van der Waals surface area (Å²) < 4.78 is 0. The van der Waals surface area contributed by atoms with Crippen LogP contribution in [-0.2, 0) is 0 Å². The maximum absolute atomic E-state index is 9.79. The second-order valence-electron chi connectivity index (χ2n) is 3.57. The van der Waals surface area contributed by atoms with Crippen molar-refractivity contribution in [2.45, 2.75) is 36.9 Å². The minimum atomic E-state index is -0.445. The van der Waals surface area contributed by atoms with Crippen LogP contribution < -0.4 is 0 Å². The van der Waals surface area contributed by atoms with Crippen molar-refractivity contribution in [1.29, 1.82) is 0 Å². The predicted octanol–water partition coefficient (Wildman–Crippen LogP) is 1.12. The van der Waals surface area contributed by atoms with Crippen molar-refractivity contribution in [1.82, 2.24) is 15.2 Å². The van der Waals surface area contributed by atoms with Crippen LogP contribution >= 0.6 is 11.8 Å². The Morgan fingerprint density at radius 2 is 2.38 bits per heavy atom. The average Bonchev–Trinajstić information content (AvgIpc) is 2.44. The van der Waals surface area contributed by atoms with Gasteiger partial charge in [0.15, 0.2) is 0 Å². The van der Waals surface area contributed by atoms with E-state index in [1.54, 1.807) is 0 Å². The summed E-state index contributed by atoms with van der Waals surface area (Å²) in [6.07, 6.45) is 2.98. The Morgan fingerprint density at radius 3 is 2.85 bits per heavy atom. The smallest absolute Gasteiger partial charge is 0.208 e. The van der Waals surface area contributed by atoms with Crippen LogP contribution in [0.3, 0.4) is 0 Å². The second kappa shape index (κ2) is 3.31. The number of nitrogens with zero attached hydrogens (tertiary/aromatic N) is 2. The lowest BCUT2D eigenvalue weighted by molar-refractivity contribution is -0.00993. The molecule has 72 valence electrons. The summed E-state index contributed by atoms with van der Waals surface area (Å²) in [6, 6.07) is 0. The minimum Gasteiger partial charge on any atom is -0.389 e. The van der Waals surface area contributed by atoms with Crippen molar-refractivity contribution in [3.05, 3.63) is 5.82 Å². The third-order valence-electron chi connectivity index (χ3n) is 2.33. The topological polar surface area (TPSA) is 61.8 Å². The highest BCUT2D eigenvalue weighted by Crippen LogP contribution is 2.35. The Kier molecular flexibility index (Phi) is 2.29. The maximum atomic E-state index is 9.79. The molecule has 0 bridgehead atoms. The third kappa shape index (κ3) is 2.03. The van der Waals surface area contributed by atoms with Gasteiger partial charge in [0.25, 0.3) is 0 Å². The molecule has 0 spiro atoms. The number of aromatic amines is 1. The largest absolute Gasteiger partial charge is 0.389 e. The molecule has 0 aliphatic heterocycles. The molecule has 1 aromatic heterocycles. The van der Waals surface area contributed by atoms with E-state index in [9.17, 15) is 5.11 Å². The summed E-state index contributed by atoms with van der Waals surface area (Å²) >= 11 is 1.52. The Bertz CT molecular complexity index is 295. The second-order valence-corrected chi connectivity index (χ2v) is 4.51. The van der Waals surface area contributed by atoms with Gasteiger partial charge in [0.05, 0.1) is 5.60 Å². The molecule has 0 amide bonds. The van der Waals surface area contributed by atoms with Crippen molar-refractivity contribution in [3.63, 3.8) is 0 Å². The number of hydrogen-bond acceptors (Lipinski definition) is 4. The Morgan fingerprint density at radius 1 is 1.62 bits per heavy atom. The standard InChI is InChI=1S/C8H13N3OS/c1-6-9-7(11-10-6)13-5-8(12)3-2-4-8/h12H,2-5H2,1H3,(H,9,10,11). The lowest BCUT2D eigenvalue weighted by Gasteiger charge is -2.35. The van der Waals surface area contributed by atoms with E-state index in [4.69, 9.17) is 0 Å². The van der Waals surface area contributed by atoms with Gasteiger partial charge in [0, 0.05) is 5.75 Å². The van der Waals surface area contributed by atoms with E-state index < -0.39 is 5.60 Å². The SMILES string of the molecule is Cc1nc(SCC2(O)CCC2)n[nH]1. The zero-order valence-corrected chi connectivity index (χ0v) is 8.39. The number of nitrogens with one attached hydrogen (secondary N) is 1. The summed E-state index contributed by atoms with van der Waals surface area (Å²) in [5, 5.41) is 17.3. The first-order valence-corrected chi connectivity index (χ1v) is 5.41. The van der Waals surface area contributed by atoms with Crippen molar-refractivity contribution in [2.24, 2.45) is 0 Å². The molecule has 1 aliphatic carbocycles. The molecule has 0 aromatic carbocycles. The number of hydrogen-bond donors (Lipinski definition) is 2. The van der Waals surface area contributed by atoms with Crippen molar-refractivity contribution in [3.8, 4) is 0 Å². The van der Waals surface area contributed by atoms with Crippen molar-refractivity contribution in [2.75, 3.05) is 5.75 Å². The van der Waals surface area contributed by atoms with Gasteiger partial charge in [-0.1, -0.05) is 11.8 Å². The van der Waals surface area contributed by atoms with Crippen LogP contribution in [0.1, 0.15) is 25.1 Å². The molecule has 4 nitrogen and oxygen atoms in total. The van der Waals surface area contributed by atoms with Gasteiger partial charge in [0.2, 0.25) is 5.16 Å².